The lowest BCUT2D eigenvalue weighted by Gasteiger charge is -2.10. The second-order valence-corrected chi connectivity index (χ2v) is 4.60. The summed E-state index contributed by atoms with van der Waals surface area (Å²) < 4.78 is 12.6. The van der Waals surface area contributed by atoms with E-state index in [4.69, 9.17) is 9.47 Å². The van der Waals surface area contributed by atoms with Crippen molar-refractivity contribution < 1.29 is 14.3 Å². The number of carbonyl (C=O) groups excluding carboxylic acids is 1. The summed E-state index contributed by atoms with van der Waals surface area (Å²) in [6, 6.07) is 7.80. The number of hydrogen-bond acceptors (Lipinski definition) is 3. The highest BCUT2D eigenvalue weighted by Crippen LogP contribution is 2.26. The Morgan fingerprint density at radius 2 is 2.11 bits per heavy atom. The molecular formula is C15H19NO3. The zero-order chi connectivity index (χ0) is 13.8. The molecule has 4 nitrogen and oxygen atoms in total. The molecule has 0 spiro atoms. The maximum atomic E-state index is 11.7. The van der Waals surface area contributed by atoms with Gasteiger partial charge in [0.05, 0.1) is 18.2 Å². The van der Waals surface area contributed by atoms with Crippen LogP contribution in [0.2, 0.25) is 0 Å². The molecule has 0 N–H and O–H groups in total. The van der Waals surface area contributed by atoms with Gasteiger partial charge < -0.3 is 14.0 Å². The van der Waals surface area contributed by atoms with Crippen LogP contribution in [-0.2, 0) is 16.1 Å². The van der Waals surface area contributed by atoms with Crippen molar-refractivity contribution in [2.75, 3.05) is 6.61 Å². The van der Waals surface area contributed by atoms with E-state index in [1.807, 2.05) is 55.8 Å². The highest BCUT2D eigenvalue weighted by atomic mass is 16.5. The van der Waals surface area contributed by atoms with Gasteiger partial charge in [0, 0.05) is 11.6 Å². The molecule has 0 saturated carbocycles. The van der Waals surface area contributed by atoms with Crippen molar-refractivity contribution in [3.8, 4) is 5.75 Å². The molecule has 0 saturated heterocycles. The van der Waals surface area contributed by atoms with Crippen LogP contribution in [0.4, 0.5) is 0 Å². The molecule has 1 aromatic carbocycles. The van der Waals surface area contributed by atoms with Crippen LogP contribution in [0.3, 0.4) is 0 Å². The van der Waals surface area contributed by atoms with Gasteiger partial charge in [-0.25, -0.2) is 0 Å². The lowest BCUT2D eigenvalue weighted by Crippen LogP contribution is -2.16. The van der Waals surface area contributed by atoms with Crippen molar-refractivity contribution >= 4 is 16.9 Å². The average molecular weight is 261 g/mol. The highest BCUT2D eigenvalue weighted by molar-refractivity contribution is 5.87. The van der Waals surface area contributed by atoms with E-state index in [0.29, 0.717) is 6.61 Å². The number of nitrogens with zero attached hydrogens (tertiary/aromatic N) is 1. The minimum atomic E-state index is -0.227. The van der Waals surface area contributed by atoms with Crippen molar-refractivity contribution in [3.05, 3.63) is 30.5 Å². The van der Waals surface area contributed by atoms with Crippen LogP contribution < -0.4 is 4.74 Å². The normalized spacial score (nSPS) is 10.9. The number of hydrogen-bond donors (Lipinski definition) is 0. The SMILES string of the molecule is CCOc1cccc2c1ccn2CC(=O)OC(C)C. The van der Waals surface area contributed by atoms with Crippen molar-refractivity contribution in [1.82, 2.24) is 4.57 Å². The summed E-state index contributed by atoms with van der Waals surface area (Å²) in [4.78, 5) is 11.7. The van der Waals surface area contributed by atoms with Gasteiger partial charge >= 0.3 is 5.97 Å². The zero-order valence-electron chi connectivity index (χ0n) is 11.6. The first-order valence-electron chi connectivity index (χ1n) is 6.52. The first-order valence-corrected chi connectivity index (χ1v) is 6.52. The third-order valence-corrected chi connectivity index (χ3v) is 2.74. The second kappa shape index (κ2) is 5.78. The van der Waals surface area contributed by atoms with Crippen molar-refractivity contribution in [3.63, 3.8) is 0 Å². The smallest absolute Gasteiger partial charge is 0.326 e. The Bertz CT molecular complexity index is 572. The van der Waals surface area contributed by atoms with Crippen molar-refractivity contribution in [2.24, 2.45) is 0 Å². The van der Waals surface area contributed by atoms with Gasteiger partial charge in [0.25, 0.3) is 0 Å². The monoisotopic (exact) mass is 261 g/mol. The third kappa shape index (κ3) is 3.08. The van der Waals surface area contributed by atoms with E-state index in [2.05, 4.69) is 0 Å². The fourth-order valence-electron chi connectivity index (χ4n) is 2.05. The Kier molecular flexibility index (Phi) is 4.10. The molecule has 0 aliphatic rings. The molecule has 1 heterocycles. The first kappa shape index (κ1) is 13.5. The molecule has 0 aliphatic carbocycles. The minimum absolute atomic E-state index is 0.0895. The number of fused-ring (bicyclic) bond motifs is 1. The van der Waals surface area contributed by atoms with Crippen LogP contribution in [0.25, 0.3) is 10.9 Å². The number of benzene rings is 1. The van der Waals surface area contributed by atoms with Gasteiger partial charge in [-0.1, -0.05) is 6.07 Å². The van der Waals surface area contributed by atoms with Gasteiger partial charge in [0.1, 0.15) is 12.3 Å². The Morgan fingerprint density at radius 3 is 2.79 bits per heavy atom. The maximum absolute atomic E-state index is 11.7. The Hall–Kier alpha value is -1.97. The lowest BCUT2D eigenvalue weighted by atomic mass is 10.2. The Balaban J connectivity index is 2.25. The lowest BCUT2D eigenvalue weighted by molar-refractivity contribution is -0.148. The van der Waals surface area contributed by atoms with Gasteiger partial charge in [-0.3, -0.25) is 4.79 Å². The number of aromatic nitrogens is 1. The van der Waals surface area contributed by atoms with E-state index < -0.39 is 0 Å². The van der Waals surface area contributed by atoms with Gasteiger partial charge in [-0.15, -0.1) is 0 Å². The van der Waals surface area contributed by atoms with Gasteiger partial charge in [0.15, 0.2) is 0 Å². The molecule has 102 valence electrons. The summed E-state index contributed by atoms with van der Waals surface area (Å²) in [6.45, 7) is 6.49. The fourth-order valence-corrected chi connectivity index (χ4v) is 2.05. The fraction of sp³-hybridized carbons (Fsp3) is 0.400. The molecular weight excluding hydrogens is 242 g/mol. The van der Waals surface area contributed by atoms with E-state index in [9.17, 15) is 4.79 Å². The summed E-state index contributed by atoms with van der Waals surface area (Å²) in [6.07, 6.45) is 1.79. The maximum Gasteiger partial charge on any atom is 0.326 e. The van der Waals surface area contributed by atoms with E-state index in [1.54, 1.807) is 0 Å². The van der Waals surface area contributed by atoms with Crippen LogP contribution in [-0.4, -0.2) is 23.2 Å². The summed E-state index contributed by atoms with van der Waals surface area (Å²) in [5.74, 6) is 0.616. The predicted octanol–water partition coefficient (Wildman–Crippen LogP) is 2.99. The van der Waals surface area contributed by atoms with Crippen LogP contribution >= 0.6 is 0 Å². The number of carbonyl (C=O) groups is 1. The molecule has 0 bridgehead atoms. The van der Waals surface area contributed by atoms with Crippen LogP contribution in [0.1, 0.15) is 20.8 Å². The highest BCUT2D eigenvalue weighted by Gasteiger charge is 2.10. The quantitative estimate of drug-likeness (QED) is 0.777. The number of rotatable bonds is 5. The Labute approximate surface area is 112 Å². The molecule has 0 aliphatic heterocycles. The van der Waals surface area contributed by atoms with Gasteiger partial charge in [-0.2, -0.15) is 0 Å². The second-order valence-electron chi connectivity index (χ2n) is 4.60. The molecule has 2 aromatic rings. The molecule has 19 heavy (non-hydrogen) atoms. The molecule has 0 atom stereocenters. The van der Waals surface area contributed by atoms with Crippen LogP contribution in [0.5, 0.6) is 5.75 Å². The van der Waals surface area contributed by atoms with Gasteiger partial charge in [0.2, 0.25) is 0 Å². The molecule has 2 rings (SSSR count). The van der Waals surface area contributed by atoms with Crippen LogP contribution in [0.15, 0.2) is 30.5 Å². The largest absolute Gasteiger partial charge is 0.493 e. The topological polar surface area (TPSA) is 40.5 Å². The van der Waals surface area contributed by atoms with Crippen molar-refractivity contribution in [2.45, 2.75) is 33.4 Å². The molecule has 1 aromatic heterocycles. The van der Waals surface area contributed by atoms with E-state index in [-0.39, 0.29) is 18.6 Å². The minimum Gasteiger partial charge on any atom is -0.493 e. The average Bonchev–Trinajstić information content (AvgIpc) is 2.73. The van der Waals surface area contributed by atoms with Gasteiger partial charge in [-0.05, 0) is 39.0 Å². The molecule has 0 radical (unpaired) electrons. The van der Waals surface area contributed by atoms with E-state index >= 15 is 0 Å². The Morgan fingerprint density at radius 1 is 1.32 bits per heavy atom. The standard InChI is InChI=1S/C15H19NO3/c1-4-18-14-7-5-6-13-12(14)8-9-16(13)10-15(17)19-11(2)3/h5-9,11H,4,10H2,1-3H3. The summed E-state index contributed by atoms with van der Waals surface area (Å²) in [7, 11) is 0. The molecule has 0 amide bonds. The van der Waals surface area contributed by atoms with Crippen molar-refractivity contribution in [1.29, 1.82) is 0 Å². The number of ether oxygens (including phenoxy) is 2. The first-order chi connectivity index (χ1) is 9.11. The summed E-state index contributed by atoms with van der Waals surface area (Å²) in [5, 5.41) is 1.02. The zero-order valence-corrected chi connectivity index (χ0v) is 11.6. The van der Waals surface area contributed by atoms with Crippen LogP contribution in [0, 0.1) is 0 Å². The van der Waals surface area contributed by atoms with E-state index in [1.165, 1.54) is 0 Å². The van der Waals surface area contributed by atoms with E-state index in [0.717, 1.165) is 16.7 Å². The predicted molar refractivity (Wildman–Crippen MR) is 74.3 cm³/mol. The third-order valence-electron chi connectivity index (χ3n) is 2.74. The summed E-state index contributed by atoms with van der Waals surface area (Å²) >= 11 is 0. The molecule has 0 fully saturated rings. The number of esters is 1. The summed E-state index contributed by atoms with van der Waals surface area (Å²) in [5.41, 5.74) is 0.978. The molecule has 0 unspecified atom stereocenters. The molecule has 4 heteroatoms.